The molecule has 0 spiro atoms. The summed E-state index contributed by atoms with van der Waals surface area (Å²) in [4.78, 5) is 12.4. The van der Waals surface area contributed by atoms with Crippen molar-refractivity contribution in [3.63, 3.8) is 0 Å². The van der Waals surface area contributed by atoms with Gasteiger partial charge in [0, 0.05) is 24.3 Å². The van der Waals surface area contributed by atoms with Gasteiger partial charge in [-0.2, -0.15) is 0 Å². The first kappa shape index (κ1) is 15.0. The molecule has 0 aliphatic carbocycles. The van der Waals surface area contributed by atoms with Gasteiger partial charge in [-0.1, -0.05) is 24.3 Å². The zero-order valence-corrected chi connectivity index (χ0v) is 11.3. The van der Waals surface area contributed by atoms with Crippen molar-refractivity contribution in [3.05, 3.63) is 65.7 Å². The molecule has 1 N–H and O–H groups in total. The maximum absolute atomic E-state index is 13.7. The van der Waals surface area contributed by atoms with Gasteiger partial charge in [-0.3, -0.25) is 4.79 Å². The van der Waals surface area contributed by atoms with Crippen molar-refractivity contribution in [2.45, 2.75) is 13.0 Å². The quantitative estimate of drug-likeness (QED) is 0.886. The Morgan fingerprint density at radius 3 is 2.19 bits per heavy atom. The minimum atomic E-state index is -0.954. The molecule has 0 aromatic heterocycles. The summed E-state index contributed by atoms with van der Waals surface area (Å²) in [5.41, 5.74) is 0.660. The lowest BCUT2D eigenvalue weighted by Gasteiger charge is -2.24. The van der Waals surface area contributed by atoms with Crippen LogP contribution in [0, 0.1) is 11.6 Å². The molecule has 0 heterocycles. The summed E-state index contributed by atoms with van der Waals surface area (Å²) < 4.78 is 27.5. The molecule has 0 amide bonds. The molecule has 0 radical (unpaired) electrons. The normalized spacial score (nSPS) is 10.4. The molecule has 0 fully saturated rings. The van der Waals surface area contributed by atoms with E-state index in [1.54, 1.807) is 29.2 Å². The molecule has 21 heavy (non-hydrogen) atoms. The number of halogens is 2. The molecule has 2 aromatic rings. The fourth-order valence-corrected chi connectivity index (χ4v) is 2.04. The minimum Gasteiger partial charge on any atom is -0.481 e. The third-order valence-electron chi connectivity index (χ3n) is 3.13. The molecule has 2 rings (SSSR count). The average Bonchev–Trinajstić information content (AvgIpc) is 2.47. The number of benzene rings is 2. The first-order valence-electron chi connectivity index (χ1n) is 6.52. The van der Waals surface area contributed by atoms with Crippen molar-refractivity contribution in [2.24, 2.45) is 0 Å². The number of para-hydroxylation sites is 1. The summed E-state index contributed by atoms with van der Waals surface area (Å²) in [7, 11) is 0. The molecule has 5 heteroatoms. The smallest absolute Gasteiger partial charge is 0.305 e. The summed E-state index contributed by atoms with van der Waals surface area (Å²) in [6.45, 7) is 0.156. The van der Waals surface area contributed by atoms with Gasteiger partial charge in [0.25, 0.3) is 0 Å². The number of aliphatic carboxylic acids is 1. The van der Waals surface area contributed by atoms with Crippen molar-refractivity contribution in [1.29, 1.82) is 0 Å². The molecular formula is C16H15F2NO2. The Bertz CT molecular complexity index is 597. The number of carboxylic acid groups (broad SMARTS) is 1. The molecule has 0 unspecified atom stereocenters. The Morgan fingerprint density at radius 2 is 1.62 bits per heavy atom. The van der Waals surface area contributed by atoms with E-state index in [0.717, 1.165) is 5.69 Å². The van der Waals surface area contributed by atoms with Crippen LogP contribution in [-0.2, 0) is 11.3 Å². The van der Waals surface area contributed by atoms with Gasteiger partial charge in [-0.05, 0) is 24.3 Å². The van der Waals surface area contributed by atoms with Crippen LogP contribution in [0.15, 0.2) is 48.5 Å². The summed E-state index contributed by atoms with van der Waals surface area (Å²) in [5.74, 6) is -2.22. The summed E-state index contributed by atoms with van der Waals surface area (Å²) in [5, 5.41) is 8.81. The molecular weight excluding hydrogens is 276 g/mol. The highest BCUT2D eigenvalue weighted by Gasteiger charge is 2.15. The SMILES string of the molecule is O=C(O)CCN(Cc1c(F)cccc1F)c1ccccc1. The van der Waals surface area contributed by atoms with Gasteiger partial charge < -0.3 is 10.0 Å². The van der Waals surface area contributed by atoms with Crippen LogP contribution in [0.2, 0.25) is 0 Å². The lowest BCUT2D eigenvalue weighted by atomic mass is 10.1. The molecule has 110 valence electrons. The number of hydrogen-bond donors (Lipinski definition) is 1. The van der Waals surface area contributed by atoms with Crippen LogP contribution in [0.5, 0.6) is 0 Å². The largest absolute Gasteiger partial charge is 0.481 e. The second kappa shape index (κ2) is 6.83. The summed E-state index contributed by atoms with van der Waals surface area (Å²) in [6, 6.07) is 12.7. The van der Waals surface area contributed by atoms with Crippen molar-refractivity contribution < 1.29 is 18.7 Å². The Balaban J connectivity index is 2.25. The lowest BCUT2D eigenvalue weighted by molar-refractivity contribution is -0.136. The molecule has 0 aliphatic rings. The Labute approximate surface area is 121 Å². The van der Waals surface area contributed by atoms with E-state index >= 15 is 0 Å². The van der Waals surface area contributed by atoms with Crippen LogP contribution in [0.25, 0.3) is 0 Å². The van der Waals surface area contributed by atoms with E-state index in [1.165, 1.54) is 18.2 Å². The Hall–Kier alpha value is -2.43. The second-order valence-electron chi connectivity index (χ2n) is 4.60. The molecule has 3 nitrogen and oxygen atoms in total. The molecule has 0 bridgehead atoms. The Kier molecular flexibility index (Phi) is 4.87. The van der Waals surface area contributed by atoms with Gasteiger partial charge >= 0.3 is 5.97 Å². The third-order valence-corrected chi connectivity index (χ3v) is 3.13. The van der Waals surface area contributed by atoms with Crippen molar-refractivity contribution in [3.8, 4) is 0 Å². The molecule has 0 atom stereocenters. The first-order chi connectivity index (χ1) is 10.1. The predicted octanol–water partition coefficient (Wildman–Crippen LogP) is 3.45. The van der Waals surface area contributed by atoms with E-state index in [9.17, 15) is 13.6 Å². The van der Waals surface area contributed by atoms with Crippen LogP contribution in [0.3, 0.4) is 0 Å². The van der Waals surface area contributed by atoms with Gasteiger partial charge in [0.2, 0.25) is 0 Å². The number of carboxylic acids is 1. The third kappa shape index (κ3) is 4.02. The number of nitrogens with zero attached hydrogens (tertiary/aromatic N) is 1. The Morgan fingerprint density at radius 1 is 1.00 bits per heavy atom. The van der Waals surface area contributed by atoms with Gasteiger partial charge in [0.05, 0.1) is 6.42 Å². The van der Waals surface area contributed by atoms with Crippen molar-refractivity contribution >= 4 is 11.7 Å². The second-order valence-corrected chi connectivity index (χ2v) is 4.60. The molecule has 2 aromatic carbocycles. The van der Waals surface area contributed by atoms with Gasteiger partial charge in [0.1, 0.15) is 11.6 Å². The highest BCUT2D eigenvalue weighted by molar-refractivity contribution is 5.67. The van der Waals surface area contributed by atoms with E-state index in [2.05, 4.69) is 0 Å². The maximum Gasteiger partial charge on any atom is 0.305 e. The summed E-state index contributed by atoms with van der Waals surface area (Å²) >= 11 is 0. The first-order valence-corrected chi connectivity index (χ1v) is 6.52. The maximum atomic E-state index is 13.7. The van der Waals surface area contributed by atoms with E-state index < -0.39 is 17.6 Å². The van der Waals surface area contributed by atoms with Crippen LogP contribution in [-0.4, -0.2) is 17.6 Å². The van der Waals surface area contributed by atoms with Crippen LogP contribution < -0.4 is 4.90 Å². The average molecular weight is 291 g/mol. The number of hydrogen-bond acceptors (Lipinski definition) is 2. The van der Waals surface area contributed by atoms with Crippen LogP contribution in [0.4, 0.5) is 14.5 Å². The topological polar surface area (TPSA) is 40.5 Å². The van der Waals surface area contributed by atoms with Gasteiger partial charge in [0.15, 0.2) is 0 Å². The number of carbonyl (C=O) groups is 1. The highest BCUT2D eigenvalue weighted by atomic mass is 19.1. The highest BCUT2D eigenvalue weighted by Crippen LogP contribution is 2.20. The minimum absolute atomic E-state index is 0.0181. The molecule has 0 aliphatic heterocycles. The zero-order valence-electron chi connectivity index (χ0n) is 11.3. The monoisotopic (exact) mass is 291 g/mol. The van der Waals surface area contributed by atoms with E-state index in [0.29, 0.717) is 0 Å². The predicted molar refractivity (Wildman–Crippen MR) is 76.1 cm³/mol. The van der Waals surface area contributed by atoms with Crippen molar-refractivity contribution in [2.75, 3.05) is 11.4 Å². The zero-order chi connectivity index (χ0) is 15.2. The van der Waals surface area contributed by atoms with Crippen molar-refractivity contribution in [1.82, 2.24) is 0 Å². The molecule has 0 saturated heterocycles. The molecule has 0 saturated carbocycles. The number of anilines is 1. The standard InChI is InChI=1S/C16H15F2NO2/c17-14-7-4-8-15(18)13(14)11-19(10-9-16(20)21)12-5-2-1-3-6-12/h1-8H,9-11H2,(H,20,21). The van der Waals surface area contributed by atoms with Gasteiger partial charge in [-0.15, -0.1) is 0 Å². The lowest BCUT2D eigenvalue weighted by Crippen LogP contribution is -2.26. The van der Waals surface area contributed by atoms with Crippen LogP contribution in [0.1, 0.15) is 12.0 Å². The van der Waals surface area contributed by atoms with E-state index in [1.807, 2.05) is 6.07 Å². The summed E-state index contributed by atoms with van der Waals surface area (Å²) in [6.07, 6.45) is -0.106. The van der Waals surface area contributed by atoms with Gasteiger partial charge in [-0.25, -0.2) is 8.78 Å². The fraction of sp³-hybridized carbons (Fsp3) is 0.188. The van der Waals surface area contributed by atoms with E-state index in [4.69, 9.17) is 5.11 Å². The fourth-order valence-electron chi connectivity index (χ4n) is 2.04. The van der Waals surface area contributed by atoms with Crippen LogP contribution >= 0.6 is 0 Å². The number of rotatable bonds is 6. The van der Waals surface area contributed by atoms with E-state index in [-0.39, 0.29) is 25.1 Å².